The number of amides is 1. The number of para-hydroxylation sites is 1. The molecule has 1 amide bonds. The fourth-order valence-electron chi connectivity index (χ4n) is 3.65. The minimum absolute atomic E-state index is 0.256. The summed E-state index contributed by atoms with van der Waals surface area (Å²) in [5.41, 5.74) is 4.37. The zero-order valence-corrected chi connectivity index (χ0v) is 18.3. The Bertz CT molecular complexity index is 1320. The second-order valence-electron chi connectivity index (χ2n) is 7.06. The van der Waals surface area contributed by atoms with Crippen LogP contribution < -0.4 is 10.1 Å². The molecule has 2 aromatic heterocycles. The SMILES string of the molecule is CCc1c(C)sc(NC(=O)c2cc(-c3ccc(OC)cc3)nc3ccccc23)c1C#N. The molecular formula is C25H21N3O2S. The molecule has 0 spiro atoms. The Morgan fingerprint density at radius 1 is 1.19 bits per heavy atom. The number of ether oxygens (including phenoxy) is 1. The van der Waals surface area contributed by atoms with E-state index in [1.807, 2.05) is 62.4 Å². The molecule has 0 aliphatic carbocycles. The Kier molecular flexibility index (Phi) is 5.70. The molecule has 0 unspecified atom stereocenters. The van der Waals surface area contributed by atoms with Gasteiger partial charge in [0.15, 0.2) is 0 Å². The van der Waals surface area contributed by atoms with Crippen molar-refractivity contribution < 1.29 is 9.53 Å². The van der Waals surface area contributed by atoms with E-state index in [9.17, 15) is 10.1 Å². The minimum atomic E-state index is -0.256. The maximum atomic E-state index is 13.3. The van der Waals surface area contributed by atoms with Gasteiger partial charge >= 0.3 is 0 Å². The molecule has 0 aliphatic rings. The molecule has 0 radical (unpaired) electrons. The van der Waals surface area contributed by atoms with E-state index in [1.165, 1.54) is 11.3 Å². The molecular weight excluding hydrogens is 406 g/mol. The summed E-state index contributed by atoms with van der Waals surface area (Å²) >= 11 is 1.44. The third-order valence-electron chi connectivity index (χ3n) is 5.25. The van der Waals surface area contributed by atoms with Gasteiger partial charge in [-0.3, -0.25) is 4.79 Å². The fourth-order valence-corrected chi connectivity index (χ4v) is 4.74. The number of nitriles is 1. The van der Waals surface area contributed by atoms with Crippen molar-refractivity contribution in [2.45, 2.75) is 20.3 Å². The van der Waals surface area contributed by atoms with Gasteiger partial charge in [-0.1, -0.05) is 25.1 Å². The lowest BCUT2D eigenvalue weighted by atomic mass is 10.0. The molecule has 0 bridgehead atoms. The summed E-state index contributed by atoms with van der Waals surface area (Å²) < 4.78 is 5.24. The Morgan fingerprint density at radius 3 is 2.61 bits per heavy atom. The van der Waals surface area contributed by atoms with E-state index in [0.717, 1.165) is 39.1 Å². The molecule has 6 heteroatoms. The fraction of sp³-hybridized carbons (Fsp3) is 0.160. The summed E-state index contributed by atoms with van der Waals surface area (Å²) in [6, 6.07) is 19.2. The molecule has 0 fully saturated rings. The number of anilines is 1. The number of hydrogen-bond acceptors (Lipinski definition) is 5. The number of carbonyl (C=O) groups is 1. The van der Waals surface area contributed by atoms with Crippen LogP contribution in [-0.2, 0) is 6.42 Å². The summed E-state index contributed by atoms with van der Waals surface area (Å²) in [5.74, 6) is 0.500. The van der Waals surface area contributed by atoms with Crippen molar-refractivity contribution in [3.05, 3.63) is 76.2 Å². The lowest BCUT2D eigenvalue weighted by Crippen LogP contribution is -2.13. The number of nitrogens with one attached hydrogen (secondary N) is 1. The lowest BCUT2D eigenvalue weighted by molar-refractivity contribution is 0.102. The number of hydrogen-bond donors (Lipinski definition) is 1. The molecule has 2 aromatic carbocycles. The highest BCUT2D eigenvalue weighted by molar-refractivity contribution is 7.16. The maximum absolute atomic E-state index is 13.3. The van der Waals surface area contributed by atoms with Gasteiger partial charge in [-0.2, -0.15) is 5.26 Å². The number of methoxy groups -OCH3 is 1. The summed E-state index contributed by atoms with van der Waals surface area (Å²) in [4.78, 5) is 19.1. The van der Waals surface area contributed by atoms with Crippen LogP contribution in [0.25, 0.3) is 22.2 Å². The number of aryl methyl sites for hydroxylation is 1. The van der Waals surface area contributed by atoms with Crippen LogP contribution in [0.1, 0.15) is 33.3 Å². The van der Waals surface area contributed by atoms with E-state index in [1.54, 1.807) is 13.2 Å². The number of rotatable bonds is 5. The number of aromatic nitrogens is 1. The highest BCUT2D eigenvalue weighted by atomic mass is 32.1. The highest BCUT2D eigenvalue weighted by Crippen LogP contribution is 2.34. The van der Waals surface area contributed by atoms with Gasteiger partial charge in [-0.25, -0.2) is 4.98 Å². The van der Waals surface area contributed by atoms with E-state index in [4.69, 9.17) is 9.72 Å². The molecule has 0 aliphatic heterocycles. The standard InChI is InChI=1S/C25H21N3O2S/c1-4-18-15(2)31-25(21(18)14-26)28-24(29)20-13-23(16-9-11-17(30-3)12-10-16)27-22-8-6-5-7-19(20)22/h5-13H,4H2,1-3H3,(H,28,29). The number of benzene rings is 2. The van der Waals surface area contributed by atoms with Gasteiger partial charge in [0.1, 0.15) is 16.8 Å². The smallest absolute Gasteiger partial charge is 0.257 e. The van der Waals surface area contributed by atoms with E-state index >= 15 is 0 Å². The van der Waals surface area contributed by atoms with Crippen LogP contribution in [-0.4, -0.2) is 18.0 Å². The maximum Gasteiger partial charge on any atom is 0.257 e. The Morgan fingerprint density at radius 2 is 1.94 bits per heavy atom. The van der Waals surface area contributed by atoms with Crippen LogP contribution in [0.15, 0.2) is 54.6 Å². The molecule has 4 rings (SSSR count). The summed E-state index contributed by atoms with van der Waals surface area (Å²) in [7, 11) is 1.62. The van der Waals surface area contributed by atoms with Crippen molar-refractivity contribution >= 4 is 33.1 Å². The molecule has 1 N–H and O–H groups in total. The van der Waals surface area contributed by atoms with Crippen molar-refractivity contribution in [3.8, 4) is 23.1 Å². The van der Waals surface area contributed by atoms with Gasteiger partial charge in [0.2, 0.25) is 0 Å². The summed E-state index contributed by atoms with van der Waals surface area (Å²) in [5, 5.41) is 13.9. The van der Waals surface area contributed by atoms with E-state index < -0.39 is 0 Å². The van der Waals surface area contributed by atoms with Crippen molar-refractivity contribution in [1.82, 2.24) is 4.98 Å². The van der Waals surface area contributed by atoms with Crippen LogP contribution in [0.4, 0.5) is 5.00 Å². The first kappa shape index (κ1) is 20.6. The third-order valence-corrected chi connectivity index (χ3v) is 6.31. The average molecular weight is 428 g/mol. The zero-order chi connectivity index (χ0) is 22.0. The van der Waals surface area contributed by atoms with Crippen molar-refractivity contribution in [2.24, 2.45) is 0 Å². The van der Waals surface area contributed by atoms with Gasteiger partial charge in [-0.15, -0.1) is 11.3 Å². The van der Waals surface area contributed by atoms with Gasteiger partial charge in [0, 0.05) is 15.8 Å². The molecule has 4 aromatic rings. The quantitative estimate of drug-likeness (QED) is 0.426. The zero-order valence-electron chi connectivity index (χ0n) is 17.5. The van der Waals surface area contributed by atoms with Crippen LogP contribution in [0.5, 0.6) is 5.75 Å². The number of nitrogens with zero attached hydrogens (tertiary/aromatic N) is 2. The molecule has 31 heavy (non-hydrogen) atoms. The van der Waals surface area contributed by atoms with Crippen molar-refractivity contribution in [1.29, 1.82) is 5.26 Å². The molecule has 5 nitrogen and oxygen atoms in total. The van der Waals surface area contributed by atoms with Gasteiger partial charge in [0.05, 0.1) is 29.4 Å². The first-order valence-electron chi connectivity index (χ1n) is 9.93. The first-order chi connectivity index (χ1) is 15.0. The van der Waals surface area contributed by atoms with Crippen LogP contribution in [0, 0.1) is 18.3 Å². The minimum Gasteiger partial charge on any atom is -0.497 e. The van der Waals surface area contributed by atoms with Gasteiger partial charge in [0.25, 0.3) is 5.91 Å². The number of thiophene rings is 1. The predicted octanol–water partition coefficient (Wildman–Crippen LogP) is 5.97. The van der Waals surface area contributed by atoms with E-state index in [0.29, 0.717) is 21.8 Å². The summed E-state index contributed by atoms with van der Waals surface area (Å²) in [6.45, 7) is 3.99. The second kappa shape index (κ2) is 8.58. The van der Waals surface area contributed by atoms with Crippen molar-refractivity contribution in [3.63, 3.8) is 0 Å². The average Bonchev–Trinajstić information content (AvgIpc) is 3.11. The normalized spacial score (nSPS) is 10.6. The van der Waals surface area contributed by atoms with Gasteiger partial charge in [-0.05, 0) is 55.3 Å². The highest BCUT2D eigenvalue weighted by Gasteiger charge is 2.19. The Labute approximate surface area is 184 Å². The molecule has 0 atom stereocenters. The van der Waals surface area contributed by atoms with Gasteiger partial charge < -0.3 is 10.1 Å². The van der Waals surface area contributed by atoms with Crippen LogP contribution >= 0.6 is 11.3 Å². The monoisotopic (exact) mass is 427 g/mol. The molecule has 0 saturated heterocycles. The third kappa shape index (κ3) is 3.88. The number of carbonyl (C=O) groups excluding carboxylic acids is 1. The topological polar surface area (TPSA) is 75.0 Å². The van der Waals surface area contributed by atoms with Crippen LogP contribution in [0.2, 0.25) is 0 Å². The lowest BCUT2D eigenvalue weighted by Gasteiger charge is -2.11. The van der Waals surface area contributed by atoms with E-state index in [2.05, 4.69) is 11.4 Å². The summed E-state index contributed by atoms with van der Waals surface area (Å²) in [6.07, 6.45) is 0.751. The Balaban J connectivity index is 1.79. The largest absolute Gasteiger partial charge is 0.497 e. The van der Waals surface area contributed by atoms with Crippen LogP contribution in [0.3, 0.4) is 0 Å². The number of fused-ring (bicyclic) bond motifs is 1. The number of pyridine rings is 1. The molecule has 2 heterocycles. The predicted molar refractivity (Wildman–Crippen MR) is 125 cm³/mol. The van der Waals surface area contributed by atoms with Crippen molar-refractivity contribution in [2.75, 3.05) is 12.4 Å². The second-order valence-corrected chi connectivity index (χ2v) is 8.29. The first-order valence-corrected chi connectivity index (χ1v) is 10.7. The molecule has 0 saturated carbocycles. The van der Waals surface area contributed by atoms with E-state index in [-0.39, 0.29) is 5.91 Å². The Hall–Kier alpha value is -3.69. The molecule has 154 valence electrons.